The molecule has 80 valence electrons. The highest BCUT2D eigenvalue weighted by atomic mass is 14.5. The smallest absolute Gasteiger partial charge is 0.00773 e. The summed E-state index contributed by atoms with van der Waals surface area (Å²) in [5.74, 6) is 2.58. The van der Waals surface area contributed by atoms with E-state index >= 15 is 0 Å². The SMILES string of the molecule is CC(C)CC(CCCCN)C(C)C. The molecule has 0 aromatic rings. The van der Waals surface area contributed by atoms with E-state index in [1.165, 1.54) is 25.7 Å². The van der Waals surface area contributed by atoms with Crippen molar-refractivity contribution in [2.75, 3.05) is 6.54 Å². The molecule has 2 N–H and O–H groups in total. The molecule has 0 heterocycles. The lowest BCUT2D eigenvalue weighted by atomic mass is 9.84. The number of unbranched alkanes of at least 4 members (excludes halogenated alkanes) is 1. The van der Waals surface area contributed by atoms with Crippen LogP contribution in [0.15, 0.2) is 0 Å². The topological polar surface area (TPSA) is 26.0 Å². The summed E-state index contributed by atoms with van der Waals surface area (Å²) in [4.78, 5) is 0. The van der Waals surface area contributed by atoms with E-state index in [-0.39, 0.29) is 0 Å². The summed E-state index contributed by atoms with van der Waals surface area (Å²) in [7, 11) is 0. The second-order valence-electron chi connectivity index (χ2n) is 4.92. The molecule has 0 bridgehead atoms. The standard InChI is InChI=1S/C12H27N/c1-10(2)9-12(11(3)4)7-5-6-8-13/h10-12H,5-9,13H2,1-4H3. The Kier molecular flexibility index (Phi) is 7.35. The predicted molar refractivity (Wildman–Crippen MR) is 60.7 cm³/mol. The first-order valence-electron chi connectivity index (χ1n) is 5.78. The van der Waals surface area contributed by atoms with Gasteiger partial charge in [0.1, 0.15) is 0 Å². The van der Waals surface area contributed by atoms with Crippen molar-refractivity contribution >= 4 is 0 Å². The van der Waals surface area contributed by atoms with Crippen LogP contribution in [0.3, 0.4) is 0 Å². The second kappa shape index (κ2) is 7.37. The van der Waals surface area contributed by atoms with E-state index in [4.69, 9.17) is 5.73 Å². The number of hydrogen-bond acceptors (Lipinski definition) is 1. The van der Waals surface area contributed by atoms with E-state index in [9.17, 15) is 0 Å². The molecule has 13 heavy (non-hydrogen) atoms. The van der Waals surface area contributed by atoms with Crippen molar-refractivity contribution in [3.05, 3.63) is 0 Å². The maximum absolute atomic E-state index is 5.49. The van der Waals surface area contributed by atoms with Crippen molar-refractivity contribution in [2.24, 2.45) is 23.5 Å². The molecule has 0 saturated heterocycles. The summed E-state index contributed by atoms with van der Waals surface area (Å²) < 4.78 is 0. The largest absolute Gasteiger partial charge is 0.330 e. The summed E-state index contributed by atoms with van der Waals surface area (Å²) in [6, 6.07) is 0. The minimum absolute atomic E-state index is 0.833. The molecule has 0 aliphatic rings. The average Bonchev–Trinajstić information content (AvgIpc) is 2.02. The van der Waals surface area contributed by atoms with E-state index < -0.39 is 0 Å². The van der Waals surface area contributed by atoms with Crippen molar-refractivity contribution in [3.63, 3.8) is 0 Å². The molecule has 0 aliphatic heterocycles. The summed E-state index contributed by atoms with van der Waals surface area (Å²) in [6.07, 6.45) is 5.25. The average molecular weight is 185 g/mol. The van der Waals surface area contributed by atoms with E-state index in [1.54, 1.807) is 0 Å². The molecule has 1 heteroatoms. The first-order valence-corrected chi connectivity index (χ1v) is 5.78. The highest BCUT2D eigenvalue weighted by molar-refractivity contribution is 4.65. The van der Waals surface area contributed by atoms with Gasteiger partial charge in [0.25, 0.3) is 0 Å². The van der Waals surface area contributed by atoms with Crippen molar-refractivity contribution in [1.29, 1.82) is 0 Å². The van der Waals surface area contributed by atoms with E-state index in [0.717, 1.165) is 24.3 Å². The normalized spacial score (nSPS) is 14.1. The van der Waals surface area contributed by atoms with Gasteiger partial charge in [0.2, 0.25) is 0 Å². The first kappa shape index (κ1) is 13.0. The van der Waals surface area contributed by atoms with Crippen LogP contribution in [0.25, 0.3) is 0 Å². The molecule has 1 atom stereocenters. The van der Waals surface area contributed by atoms with Gasteiger partial charge in [-0.15, -0.1) is 0 Å². The molecule has 0 saturated carbocycles. The van der Waals surface area contributed by atoms with Crippen molar-refractivity contribution in [2.45, 2.75) is 53.4 Å². The summed E-state index contributed by atoms with van der Waals surface area (Å²) >= 11 is 0. The maximum atomic E-state index is 5.49. The molecule has 1 unspecified atom stereocenters. The first-order chi connectivity index (χ1) is 6.07. The third kappa shape index (κ3) is 7.06. The van der Waals surface area contributed by atoms with Gasteiger partial charge in [-0.05, 0) is 37.1 Å². The van der Waals surface area contributed by atoms with Gasteiger partial charge in [0, 0.05) is 0 Å². The molecule has 0 rings (SSSR count). The Morgan fingerprint density at radius 3 is 2.00 bits per heavy atom. The fourth-order valence-electron chi connectivity index (χ4n) is 1.88. The Morgan fingerprint density at radius 2 is 1.62 bits per heavy atom. The van der Waals surface area contributed by atoms with Gasteiger partial charge in [-0.3, -0.25) is 0 Å². The van der Waals surface area contributed by atoms with Crippen LogP contribution in [-0.4, -0.2) is 6.54 Å². The summed E-state index contributed by atoms with van der Waals surface area (Å²) in [6.45, 7) is 10.2. The lowest BCUT2D eigenvalue weighted by Gasteiger charge is -2.22. The molecule has 0 fully saturated rings. The Morgan fingerprint density at radius 1 is 1.00 bits per heavy atom. The van der Waals surface area contributed by atoms with Gasteiger partial charge in [-0.2, -0.15) is 0 Å². The van der Waals surface area contributed by atoms with Crippen LogP contribution in [0.5, 0.6) is 0 Å². The van der Waals surface area contributed by atoms with Crippen LogP contribution >= 0.6 is 0 Å². The number of nitrogens with two attached hydrogens (primary N) is 1. The van der Waals surface area contributed by atoms with E-state index in [1.807, 2.05) is 0 Å². The van der Waals surface area contributed by atoms with Crippen molar-refractivity contribution in [3.8, 4) is 0 Å². The third-order valence-corrected chi connectivity index (χ3v) is 2.75. The van der Waals surface area contributed by atoms with Crippen LogP contribution in [-0.2, 0) is 0 Å². The Hall–Kier alpha value is -0.0400. The lowest BCUT2D eigenvalue weighted by Crippen LogP contribution is -2.12. The number of hydrogen-bond donors (Lipinski definition) is 1. The Bertz CT molecular complexity index is 108. The summed E-state index contributed by atoms with van der Waals surface area (Å²) in [5.41, 5.74) is 5.49. The lowest BCUT2D eigenvalue weighted by molar-refractivity contribution is 0.291. The molecular weight excluding hydrogens is 158 g/mol. The van der Waals surface area contributed by atoms with Crippen molar-refractivity contribution in [1.82, 2.24) is 0 Å². The van der Waals surface area contributed by atoms with Gasteiger partial charge in [-0.1, -0.05) is 40.5 Å². The van der Waals surface area contributed by atoms with Crippen LogP contribution in [0.1, 0.15) is 53.4 Å². The third-order valence-electron chi connectivity index (χ3n) is 2.75. The highest BCUT2D eigenvalue weighted by Crippen LogP contribution is 2.25. The zero-order valence-corrected chi connectivity index (χ0v) is 9.84. The monoisotopic (exact) mass is 185 g/mol. The molecule has 0 aromatic heterocycles. The summed E-state index contributed by atoms with van der Waals surface area (Å²) in [5, 5.41) is 0. The molecule has 1 nitrogen and oxygen atoms in total. The van der Waals surface area contributed by atoms with Gasteiger partial charge in [0.05, 0.1) is 0 Å². The van der Waals surface area contributed by atoms with Gasteiger partial charge in [-0.25, -0.2) is 0 Å². The maximum Gasteiger partial charge on any atom is -0.00773 e. The molecule has 0 spiro atoms. The van der Waals surface area contributed by atoms with Crippen molar-refractivity contribution < 1.29 is 0 Å². The van der Waals surface area contributed by atoms with Crippen LogP contribution < -0.4 is 5.73 Å². The van der Waals surface area contributed by atoms with Gasteiger partial charge >= 0.3 is 0 Å². The second-order valence-corrected chi connectivity index (χ2v) is 4.92. The molecular formula is C12H27N. The zero-order chi connectivity index (χ0) is 10.3. The minimum atomic E-state index is 0.833. The molecule has 0 aromatic carbocycles. The Labute approximate surface area is 84.1 Å². The van der Waals surface area contributed by atoms with Crippen LogP contribution in [0.4, 0.5) is 0 Å². The predicted octanol–water partition coefficient (Wildman–Crippen LogP) is 3.43. The number of rotatable bonds is 7. The van der Waals surface area contributed by atoms with Crippen LogP contribution in [0.2, 0.25) is 0 Å². The van der Waals surface area contributed by atoms with E-state index in [2.05, 4.69) is 27.7 Å². The van der Waals surface area contributed by atoms with Crippen LogP contribution in [0, 0.1) is 17.8 Å². The van der Waals surface area contributed by atoms with Gasteiger partial charge < -0.3 is 5.73 Å². The fourth-order valence-corrected chi connectivity index (χ4v) is 1.88. The zero-order valence-electron chi connectivity index (χ0n) is 9.84. The molecule has 0 amide bonds. The fraction of sp³-hybridized carbons (Fsp3) is 1.00. The molecule has 0 radical (unpaired) electrons. The molecule has 0 aliphatic carbocycles. The Balaban J connectivity index is 3.67. The minimum Gasteiger partial charge on any atom is -0.330 e. The van der Waals surface area contributed by atoms with Gasteiger partial charge in [0.15, 0.2) is 0 Å². The highest BCUT2D eigenvalue weighted by Gasteiger charge is 2.14. The van der Waals surface area contributed by atoms with E-state index in [0.29, 0.717) is 0 Å². The quantitative estimate of drug-likeness (QED) is 0.604.